The van der Waals surface area contributed by atoms with Gasteiger partial charge in [0, 0.05) is 12.2 Å². The Labute approximate surface area is 126 Å². The molecule has 1 aromatic carbocycles. The van der Waals surface area contributed by atoms with E-state index >= 15 is 0 Å². The van der Waals surface area contributed by atoms with E-state index in [1.54, 1.807) is 17.8 Å². The largest absolute Gasteiger partial charge is 0.267 e. The van der Waals surface area contributed by atoms with E-state index in [0.717, 1.165) is 12.0 Å². The normalized spacial score (nSPS) is 13.3. The van der Waals surface area contributed by atoms with Gasteiger partial charge in [-0.25, -0.2) is 13.1 Å². The van der Waals surface area contributed by atoms with Gasteiger partial charge >= 0.3 is 0 Å². The maximum Gasteiger partial charge on any atom is 0.244 e. The Balaban J connectivity index is 2.23. The van der Waals surface area contributed by atoms with Crippen molar-refractivity contribution in [3.05, 3.63) is 47.8 Å². The maximum absolute atomic E-state index is 12.3. The molecule has 1 unspecified atom stereocenters. The predicted octanol–water partition coefficient (Wildman–Crippen LogP) is 2.32. The number of benzene rings is 1. The monoisotopic (exact) mass is 307 g/mol. The summed E-state index contributed by atoms with van der Waals surface area (Å²) in [5.41, 5.74) is 1.60. The number of hydrogen-bond donors (Lipinski definition) is 1. The standard InChI is InChI=1S/C15H21N3O2S/c1-4-12(2)17-21(19,20)15-11-18(16-13(15)3)10-14-8-6-5-7-9-14/h5-9,11-12,17H,4,10H2,1-3H3. The molecule has 0 aliphatic heterocycles. The first-order chi connectivity index (χ1) is 9.92. The fourth-order valence-electron chi connectivity index (χ4n) is 2.03. The molecule has 1 aromatic heterocycles. The van der Waals surface area contributed by atoms with Crippen LogP contribution in [-0.4, -0.2) is 24.2 Å². The Hall–Kier alpha value is -1.66. The molecule has 0 aliphatic carbocycles. The van der Waals surface area contributed by atoms with Gasteiger partial charge in [0.15, 0.2) is 0 Å². The molecule has 114 valence electrons. The zero-order valence-electron chi connectivity index (χ0n) is 12.6. The van der Waals surface area contributed by atoms with Gasteiger partial charge in [-0.1, -0.05) is 37.3 Å². The third-order valence-corrected chi connectivity index (χ3v) is 5.04. The van der Waals surface area contributed by atoms with Crippen molar-refractivity contribution < 1.29 is 8.42 Å². The van der Waals surface area contributed by atoms with Crippen molar-refractivity contribution in [3.8, 4) is 0 Å². The van der Waals surface area contributed by atoms with Crippen molar-refractivity contribution >= 4 is 10.0 Å². The summed E-state index contributed by atoms with van der Waals surface area (Å²) in [6.07, 6.45) is 2.34. The quantitative estimate of drug-likeness (QED) is 0.890. The average molecular weight is 307 g/mol. The lowest BCUT2D eigenvalue weighted by atomic mass is 10.2. The molecule has 0 saturated heterocycles. The number of nitrogens with one attached hydrogen (secondary N) is 1. The number of aryl methyl sites for hydroxylation is 1. The highest BCUT2D eigenvalue weighted by atomic mass is 32.2. The van der Waals surface area contributed by atoms with E-state index in [0.29, 0.717) is 12.2 Å². The maximum atomic E-state index is 12.3. The Morgan fingerprint density at radius 2 is 1.95 bits per heavy atom. The number of hydrogen-bond acceptors (Lipinski definition) is 3. The molecule has 1 N–H and O–H groups in total. The third kappa shape index (κ3) is 3.92. The minimum atomic E-state index is -3.51. The molecule has 0 spiro atoms. The van der Waals surface area contributed by atoms with Crippen LogP contribution in [0.5, 0.6) is 0 Å². The summed E-state index contributed by atoms with van der Waals surface area (Å²) in [6.45, 7) is 6.06. The molecule has 1 atom stereocenters. The molecule has 0 aliphatic rings. The number of rotatable bonds is 6. The van der Waals surface area contributed by atoms with Crippen molar-refractivity contribution in [3.63, 3.8) is 0 Å². The van der Waals surface area contributed by atoms with Gasteiger partial charge in [-0.15, -0.1) is 0 Å². The van der Waals surface area contributed by atoms with Crippen molar-refractivity contribution in [1.82, 2.24) is 14.5 Å². The summed E-state index contributed by atoms with van der Waals surface area (Å²) >= 11 is 0. The summed E-state index contributed by atoms with van der Waals surface area (Å²) in [6, 6.07) is 9.74. The summed E-state index contributed by atoms with van der Waals surface area (Å²) in [7, 11) is -3.51. The Morgan fingerprint density at radius 1 is 1.29 bits per heavy atom. The summed E-state index contributed by atoms with van der Waals surface area (Å²) in [5, 5.41) is 4.30. The zero-order chi connectivity index (χ0) is 15.5. The molecule has 0 radical (unpaired) electrons. The van der Waals surface area contributed by atoms with Gasteiger partial charge in [0.25, 0.3) is 0 Å². The van der Waals surface area contributed by atoms with Gasteiger partial charge < -0.3 is 0 Å². The van der Waals surface area contributed by atoms with E-state index in [4.69, 9.17) is 0 Å². The molecule has 21 heavy (non-hydrogen) atoms. The van der Waals surface area contributed by atoms with E-state index in [1.165, 1.54) is 0 Å². The van der Waals surface area contributed by atoms with E-state index in [-0.39, 0.29) is 10.9 Å². The minimum absolute atomic E-state index is 0.0909. The number of sulfonamides is 1. The molecule has 0 amide bonds. The summed E-state index contributed by atoms with van der Waals surface area (Å²) in [5.74, 6) is 0. The minimum Gasteiger partial charge on any atom is -0.267 e. The van der Waals surface area contributed by atoms with Crippen molar-refractivity contribution in [2.24, 2.45) is 0 Å². The lowest BCUT2D eigenvalue weighted by molar-refractivity contribution is 0.555. The van der Waals surface area contributed by atoms with Crippen LogP contribution >= 0.6 is 0 Å². The molecular weight excluding hydrogens is 286 g/mol. The van der Waals surface area contributed by atoms with Gasteiger partial charge in [-0.3, -0.25) is 4.68 Å². The van der Waals surface area contributed by atoms with Gasteiger partial charge in [0.2, 0.25) is 10.0 Å². The summed E-state index contributed by atoms with van der Waals surface area (Å²) < 4.78 is 29.0. The zero-order valence-corrected chi connectivity index (χ0v) is 13.4. The fraction of sp³-hybridized carbons (Fsp3) is 0.400. The predicted molar refractivity (Wildman–Crippen MR) is 82.6 cm³/mol. The molecule has 0 fully saturated rings. The van der Waals surface area contributed by atoms with Crippen LogP contribution in [-0.2, 0) is 16.6 Å². The Morgan fingerprint density at radius 3 is 2.57 bits per heavy atom. The van der Waals surface area contributed by atoms with Crippen LogP contribution in [0, 0.1) is 6.92 Å². The lowest BCUT2D eigenvalue weighted by Gasteiger charge is -2.10. The second-order valence-electron chi connectivity index (χ2n) is 5.19. The van der Waals surface area contributed by atoms with Crippen molar-refractivity contribution in [2.75, 3.05) is 0 Å². The molecular formula is C15H21N3O2S. The fourth-order valence-corrected chi connectivity index (χ4v) is 3.54. The number of aromatic nitrogens is 2. The van der Waals surface area contributed by atoms with Crippen LogP contribution in [0.1, 0.15) is 31.5 Å². The van der Waals surface area contributed by atoms with Gasteiger partial charge in [0.1, 0.15) is 4.90 Å². The van der Waals surface area contributed by atoms with E-state index in [9.17, 15) is 8.42 Å². The Bertz CT molecular complexity index is 693. The SMILES string of the molecule is CCC(C)NS(=O)(=O)c1cn(Cc2ccccc2)nc1C. The van der Waals surface area contributed by atoms with Crippen molar-refractivity contribution in [2.45, 2.75) is 44.7 Å². The highest BCUT2D eigenvalue weighted by Gasteiger charge is 2.21. The first-order valence-electron chi connectivity index (χ1n) is 7.02. The number of nitrogens with zero attached hydrogens (tertiary/aromatic N) is 2. The second kappa shape index (κ2) is 6.41. The van der Waals surface area contributed by atoms with Gasteiger partial charge in [-0.2, -0.15) is 5.10 Å². The van der Waals surface area contributed by atoms with Gasteiger partial charge in [-0.05, 0) is 25.8 Å². The van der Waals surface area contributed by atoms with Gasteiger partial charge in [0.05, 0.1) is 12.2 Å². The third-order valence-electron chi connectivity index (χ3n) is 3.35. The highest BCUT2D eigenvalue weighted by Crippen LogP contribution is 2.15. The molecule has 0 saturated carbocycles. The molecule has 5 nitrogen and oxygen atoms in total. The van der Waals surface area contributed by atoms with Crippen LogP contribution < -0.4 is 4.72 Å². The first-order valence-corrected chi connectivity index (χ1v) is 8.51. The smallest absolute Gasteiger partial charge is 0.244 e. The molecule has 1 heterocycles. The van der Waals surface area contributed by atoms with Crippen LogP contribution in [0.3, 0.4) is 0 Å². The van der Waals surface area contributed by atoms with Crippen LogP contribution in [0.4, 0.5) is 0 Å². The topological polar surface area (TPSA) is 64.0 Å². The van der Waals surface area contributed by atoms with E-state index in [1.807, 2.05) is 44.2 Å². The Kier molecular flexibility index (Phi) is 4.80. The van der Waals surface area contributed by atoms with Crippen LogP contribution in [0.15, 0.2) is 41.4 Å². The molecule has 6 heteroatoms. The van der Waals surface area contributed by atoms with E-state index < -0.39 is 10.0 Å². The van der Waals surface area contributed by atoms with E-state index in [2.05, 4.69) is 9.82 Å². The second-order valence-corrected chi connectivity index (χ2v) is 6.87. The summed E-state index contributed by atoms with van der Waals surface area (Å²) in [4.78, 5) is 0.249. The highest BCUT2D eigenvalue weighted by molar-refractivity contribution is 7.89. The van der Waals surface area contributed by atoms with Crippen molar-refractivity contribution in [1.29, 1.82) is 0 Å². The molecule has 2 aromatic rings. The average Bonchev–Trinajstić information content (AvgIpc) is 2.81. The lowest BCUT2D eigenvalue weighted by Crippen LogP contribution is -2.32. The van der Waals surface area contributed by atoms with Crippen LogP contribution in [0.25, 0.3) is 0 Å². The molecule has 0 bridgehead atoms. The first kappa shape index (κ1) is 15.7. The van der Waals surface area contributed by atoms with Crippen LogP contribution in [0.2, 0.25) is 0 Å². The molecule has 2 rings (SSSR count).